The van der Waals surface area contributed by atoms with Gasteiger partial charge < -0.3 is 16.6 Å². The third-order valence-electron chi connectivity index (χ3n) is 3.00. The van der Waals surface area contributed by atoms with Gasteiger partial charge >= 0.3 is 5.97 Å². The van der Waals surface area contributed by atoms with E-state index >= 15 is 0 Å². The van der Waals surface area contributed by atoms with E-state index in [9.17, 15) is 17.8 Å². The van der Waals surface area contributed by atoms with Crippen molar-refractivity contribution < 1.29 is 22.9 Å². The van der Waals surface area contributed by atoms with Crippen molar-refractivity contribution >= 4 is 62.5 Å². The van der Waals surface area contributed by atoms with Crippen molar-refractivity contribution in [2.24, 2.45) is 10.2 Å². The van der Waals surface area contributed by atoms with Crippen molar-refractivity contribution in [3.8, 4) is 6.07 Å². The molecule has 6 N–H and O–H groups in total. The molecule has 1 aromatic heterocycles. The number of hydrogen-bond acceptors (Lipinski definition) is 11. The number of anilines is 2. The fourth-order valence-electron chi connectivity index (χ4n) is 1.83. The van der Waals surface area contributed by atoms with Crippen molar-refractivity contribution in [3.05, 3.63) is 22.7 Å². The van der Waals surface area contributed by atoms with Gasteiger partial charge in [0.2, 0.25) is 0 Å². The average molecular weight is 444 g/mol. The molecule has 2 rings (SSSR count). The van der Waals surface area contributed by atoms with Gasteiger partial charge in [0.05, 0.1) is 22.4 Å². The normalized spacial score (nSPS) is 11.5. The summed E-state index contributed by atoms with van der Waals surface area (Å²) in [4.78, 5) is 18.2. The number of aromatic nitrogens is 2. The van der Waals surface area contributed by atoms with Gasteiger partial charge in [-0.1, -0.05) is 23.4 Å². The van der Waals surface area contributed by atoms with Crippen LogP contribution in [0.2, 0.25) is 5.02 Å². The van der Waals surface area contributed by atoms with Gasteiger partial charge in [-0.05, 0) is 12.1 Å². The molecule has 0 saturated carbocycles. The second-order valence-electron chi connectivity index (χ2n) is 4.85. The lowest BCUT2D eigenvalue weighted by Gasteiger charge is -2.07. The van der Waals surface area contributed by atoms with Gasteiger partial charge in [0.25, 0.3) is 10.1 Å². The highest BCUT2D eigenvalue weighted by Gasteiger charge is 2.21. The number of nitrogen functional groups attached to an aromatic ring is 2. The number of carboxylic acids is 1. The smallest absolute Gasteiger partial charge is 0.337 e. The first kappa shape index (κ1) is 21.3. The molecule has 0 aliphatic carbocycles. The average Bonchev–Trinajstić information content (AvgIpc) is 2.58. The predicted octanol–water partition coefficient (Wildman–Crippen LogP) is 2.27. The molecule has 12 nitrogen and oxygen atoms in total. The fraction of sp³-hybridized carbons (Fsp3) is 0.0769. The highest BCUT2D eigenvalue weighted by atomic mass is 35.5. The number of rotatable bonds is 6. The summed E-state index contributed by atoms with van der Waals surface area (Å²) < 4.78 is 32.4. The number of nitriles is 1. The van der Waals surface area contributed by atoms with E-state index in [4.69, 9.17) is 33.4 Å². The van der Waals surface area contributed by atoms with Crippen LogP contribution in [0, 0.1) is 11.3 Å². The maximum Gasteiger partial charge on any atom is 0.337 e. The van der Waals surface area contributed by atoms with E-state index in [0.29, 0.717) is 0 Å². The molecule has 0 atom stereocenters. The van der Waals surface area contributed by atoms with Crippen LogP contribution in [0.25, 0.3) is 0 Å². The van der Waals surface area contributed by atoms with E-state index < -0.39 is 37.3 Å². The zero-order valence-corrected chi connectivity index (χ0v) is 16.0. The molecule has 1 aromatic carbocycles. The van der Waals surface area contributed by atoms with Gasteiger partial charge in [0.15, 0.2) is 22.5 Å². The first-order valence-electron chi connectivity index (χ1n) is 6.93. The summed E-state index contributed by atoms with van der Waals surface area (Å²) in [5, 5.41) is 24.6. The third-order valence-corrected chi connectivity index (χ3v) is 4.91. The summed E-state index contributed by atoms with van der Waals surface area (Å²) in [6.07, 6.45) is 0. The van der Waals surface area contributed by atoms with Gasteiger partial charge in [-0.25, -0.2) is 14.8 Å². The van der Waals surface area contributed by atoms with Crippen molar-refractivity contribution in [3.63, 3.8) is 0 Å². The maximum atomic E-state index is 11.5. The minimum Gasteiger partial charge on any atom is -0.478 e. The number of halogens is 1. The Morgan fingerprint density at radius 3 is 2.39 bits per heavy atom. The number of carboxylic acid groups (broad SMARTS) is 1. The van der Waals surface area contributed by atoms with Gasteiger partial charge in [-0.15, -0.1) is 10.2 Å². The number of azo groups is 1. The van der Waals surface area contributed by atoms with Crippen LogP contribution in [0.1, 0.15) is 10.4 Å². The standard InChI is InChI=1S/C13H10ClN7O5S2/c14-6-4-8(28(24,25)26)7(3-5(6)12(22)23)20-21-9-10(16)18-13(19-11(9)17)27-2-1-15/h3-4H,2H2,(H,22,23)(H,24,25,26)(H4,16,17,18,19). The maximum absolute atomic E-state index is 11.5. The summed E-state index contributed by atoms with van der Waals surface area (Å²) in [5.74, 6) is -1.82. The lowest BCUT2D eigenvalue weighted by molar-refractivity contribution is 0.0697. The lowest BCUT2D eigenvalue weighted by Crippen LogP contribution is -2.03. The molecule has 0 saturated heterocycles. The number of nitrogens with zero attached hydrogens (tertiary/aromatic N) is 5. The van der Waals surface area contributed by atoms with E-state index in [2.05, 4.69) is 20.2 Å². The Bertz CT molecular complexity index is 1110. The highest BCUT2D eigenvalue weighted by Crippen LogP contribution is 2.34. The Kier molecular flexibility index (Phi) is 6.36. The van der Waals surface area contributed by atoms with Crippen molar-refractivity contribution in [2.45, 2.75) is 10.1 Å². The van der Waals surface area contributed by atoms with E-state index in [1.165, 1.54) is 0 Å². The number of benzene rings is 1. The van der Waals surface area contributed by atoms with Gasteiger partial charge in [0, 0.05) is 0 Å². The van der Waals surface area contributed by atoms with Crippen LogP contribution in [0.4, 0.5) is 23.0 Å². The lowest BCUT2D eigenvalue weighted by atomic mass is 10.2. The molecule has 0 aliphatic heterocycles. The van der Waals surface area contributed by atoms with Crippen molar-refractivity contribution in [1.29, 1.82) is 5.26 Å². The summed E-state index contributed by atoms with van der Waals surface area (Å²) in [6.45, 7) is 0. The Labute approximate surface area is 167 Å². The molecule has 0 amide bonds. The van der Waals surface area contributed by atoms with Crippen LogP contribution < -0.4 is 11.5 Å². The van der Waals surface area contributed by atoms with Crippen LogP contribution in [0.5, 0.6) is 0 Å². The summed E-state index contributed by atoms with van der Waals surface area (Å²) >= 11 is 6.69. The molecule has 28 heavy (non-hydrogen) atoms. The molecule has 0 unspecified atom stereocenters. The predicted molar refractivity (Wildman–Crippen MR) is 99.6 cm³/mol. The molecule has 2 aromatic rings. The third kappa shape index (κ3) is 4.84. The molecule has 15 heteroatoms. The largest absolute Gasteiger partial charge is 0.478 e. The van der Waals surface area contributed by atoms with E-state index in [0.717, 1.165) is 23.9 Å². The second kappa shape index (κ2) is 8.35. The first-order valence-corrected chi connectivity index (χ1v) is 9.73. The van der Waals surface area contributed by atoms with Crippen LogP contribution >= 0.6 is 23.4 Å². The van der Waals surface area contributed by atoms with Gasteiger partial charge in [0.1, 0.15) is 10.6 Å². The minimum absolute atomic E-state index is 0.0558. The van der Waals surface area contributed by atoms with E-state index in [1.807, 2.05) is 6.07 Å². The zero-order chi connectivity index (χ0) is 21.1. The van der Waals surface area contributed by atoms with Crippen molar-refractivity contribution in [2.75, 3.05) is 17.2 Å². The number of nitrogens with two attached hydrogens (primary N) is 2. The molecular weight excluding hydrogens is 434 g/mol. The van der Waals surface area contributed by atoms with Crippen LogP contribution in [-0.4, -0.2) is 39.8 Å². The Balaban J connectivity index is 2.56. The SMILES string of the molecule is N#CCSc1nc(N)c(N=Nc2cc(C(=O)O)c(Cl)cc2S(=O)(=O)O)c(N)n1. The Morgan fingerprint density at radius 1 is 1.29 bits per heavy atom. The fourth-order valence-corrected chi connectivity index (χ4v) is 3.29. The first-order chi connectivity index (χ1) is 13.0. The molecular formula is C13H10ClN7O5S2. The molecule has 0 bridgehead atoms. The summed E-state index contributed by atoms with van der Waals surface area (Å²) in [7, 11) is -4.80. The zero-order valence-electron chi connectivity index (χ0n) is 13.6. The summed E-state index contributed by atoms with van der Waals surface area (Å²) in [5.41, 5.74) is 10.2. The minimum atomic E-state index is -4.80. The molecule has 0 spiro atoms. The van der Waals surface area contributed by atoms with E-state index in [1.54, 1.807) is 0 Å². The number of thioether (sulfide) groups is 1. The van der Waals surface area contributed by atoms with Gasteiger partial charge in [-0.3, -0.25) is 4.55 Å². The molecule has 1 heterocycles. The summed E-state index contributed by atoms with van der Waals surface area (Å²) in [6, 6.07) is 3.40. The Morgan fingerprint density at radius 2 is 1.89 bits per heavy atom. The van der Waals surface area contributed by atoms with Crippen LogP contribution in [-0.2, 0) is 10.1 Å². The number of carbonyl (C=O) groups is 1. The van der Waals surface area contributed by atoms with Crippen LogP contribution in [0.3, 0.4) is 0 Å². The molecule has 0 aliphatic rings. The number of hydrogen-bond donors (Lipinski definition) is 4. The quantitative estimate of drug-likeness (QED) is 0.219. The molecule has 0 radical (unpaired) electrons. The van der Waals surface area contributed by atoms with Gasteiger partial charge in [-0.2, -0.15) is 13.7 Å². The highest BCUT2D eigenvalue weighted by molar-refractivity contribution is 7.99. The monoisotopic (exact) mass is 443 g/mol. The second-order valence-corrected chi connectivity index (χ2v) is 7.59. The molecule has 0 fully saturated rings. The number of aromatic carboxylic acids is 1. The Hall–Kier alpha value is -2.99. The van der Waals surface area contributed by atoms with E-state index in [-0.39, 0.29) is 28.2 Å². The van der Waals surface area contributed by atoms with Crippen LogP contribution in [0.15, 0.2) is 32.4 Å². The molecule has 146 valence electrons. The topological polar surface area (TPSA) is 218 Å². The van der Waals surface area contributed by atoms with Crippen molar-refractivity contribution in [1.82, 2.24) is 9.97 Å².